The van der Waals surface area contributed by atoms with Crippen LogP contribution in [0.1, 0.15) is 52.4 Å². The van der Waals surface area contributed by atoms with Gasteiger partial charge in [-0.05, 0) is 24.3 Å². The third-order valence-electron chi connectivity index (χ3n) is 3.09. The zero-order valence-electron chi connectivity index (χ0n) is 12.7. The molecule has 0 amide bonds. The van der Waals surface area contributed by atoms with Crippen LogP contribution in [0.5, 0.6) is 0 Å². The van der Waals surface area contributed by atoms with Gasteiger partial charge in [0.05, 0.1) is 4.44 Å². The van der Waals surface area contributed by atoms with Gasteiger partial charge in [0.2, 0.25) is 0 Å². The van der Waals surface area contributed by atoms with E-state index < -0.39 is 4.44 Å². The highest BCUT2D eigenvalue weighted by Crippen LogP contribution is 2.68. The van der Waals surface area contributed by atoms with Crippen molar-refractivity contribution in [3.63, 3.8) is 0 Å². The Kier molecular flexibility index (Phi) is 10.4. The van der Waals surface area contributed by atoms with Crippen molar-refractivity contribution in [2.75, 3.05) is 11.5 Å². The van der Waals surface area contributed by atoms with Gasteiger partial charge < -0.3 is 0 Å². The maximum absolute atomic E-state index is 6.10. The maximum Gasteiger partial charge on any atom is 0.0849 e. The van der Waals surface area contributed by atoms with Gasteiger partial charge in [-0.3, -0.25) is 0 Å². The third-order valence-corrected chi connectivity index (χ3v) is 14.5. The fourth-order valence-electron chi connectivity index (χ4n) is 1.87. The van der Waals surface area contributed by atoms with Crippen LogP contribution in [0.2, 0.25) is 0 Å². The first-order chi connectivity index (χ1) is 9.73. The summed E-state index contributed by atoms with van der Waals surface area (Å²) in [6.07, 6.45) is 7.86. The highest BCUT2D eigenvalue weighted by Gasteiger charge is 2.20. The molecule has 0 aliphatic heterocycles. The van der Waals surface area contributed by atoms with Gasteiger partial charge in [-0.2, -0.15) is 0 Å². The maximum atomic E-state index is 6.10. The van der Waals surface area contributed by atoms with E-state index in [4.69, 9.17) is 11.8 Å². The summed E-state index contributed by atoms with van der Waals surface area (Å²) in [6.45, 7) is 4.52. The molecule has 0 aromatic heterocycles. The van der Waals surface area contributed by atoms with E-state index in [-0.39, 0.29) is 0 Å². The largest absolute Gasteiger partial charge is 0.110 e. The predicted molar refractivity (Wildman–Crippen MR) is 104 cm³/mol. The molecule has 1 rings (SSSR count). The highest BCUT2D eigenvalue weighted by atomic mass is 33.2. The molecule has 0 unspecified atom stereocenters. The molecule has 20 heavy (non-hydrogen) atoms. The average Bonchev–Trinajstić information content (AvgIpc) is 2.49. The Morgan fingerprint density at radius 2 is 1.35 bits per heavy atom. The summed E-state index contributed by atoms with van der Waals surface area (Å²) in [7, 11) is 0. The van der Waals surface area contributed by atoms with E-state index >= 15 is 0 Å². The minimum absolute atomic E-state index is 1.22. The number of rotatable bonds is 11. The molecule has 0 spiro atoms. The Morgan fingerprint density at radius 3 is 1.80 bits per heavy atom. The molecule has 0 heterocycles. The minimum Gasteiger partial charge on any atom is -0.110 e. The van der Waals surface area contributed by atoms with E-state index in [1.165, 1.54) is 55.3 Å². The number of unbranched alkanes of at least 4 members (excludes halogenated alkanes) is 4. The zero-order chi connectivity index (χ0) is 14.7. The molecule has 1 aromatic carbocycles. The molecule has 0 fully saturated rings. The van der Waals surface area contributed by atoms with Crippen molar-refractivity contribution >= 4 is 44.3 Å². The molecule has 0 bridgehead atoms. The first kappa shape index (κ1) is 18.6. The molecule has 0 saturated carbocycles. The lowest BCUT2D eigenvalue weighted by molar-refractivity contribution is 0.779. The number of hydrogen-bond acceptors (Lipinski definition) is 3. The minimum atomic E-state index is -1.49. The molecule has 4 heteroatoms. The monoisotopic (exact) mass is 346 g/mol. The molecule has 0 radical (unpaired) electrons. The van der Waals surface area contributed by atoms with E-state index in [0.717, 1.165) is 0 Å². The summed E-state index contributed by atoms with van der Waals surface area (Å²) in [6, 6.07) is 10.8. The summed E-state index contributed by atoms with van der Waals surface area (Å²) in [5, 5.41) is 1.40. The van der Waals surface area contributed by atoms with Crippen molar-refractivity contribution in [2.24, 2.45) is 0 Å². The van der Waals surface area contributed by atoms with Crippen molar-refractivity contribution in [2.45, 2.75) is 52.4 Å². The SMILES string of the molecule is CCCCCSP(=S)(SCCCCC)c1ccccc1. The lowest BCUT2D eigenvalue weighted by Gasteiger charge is -2.21. The second kappa shape index (κ2) is 11.2. The fraction of sp³-hybridized carbons (Fsp3) is 0.625. The second-order valence-electron chi connectivity index (χ2n) is 4.91. The van der Waals surface area contributed by atoms with Crippen LogP contribution < -0.4 is 5.30 Å². The van der Waals surface area contributed by atoms with Crippen LogP contribution in [0.4, 0.5) is 0 Å². The van der Waals surface area contributed by atoms with Crippen LogP contribution in [0.15, 0.2) is 30.3 Å². The molecule has 0 atom stereocenters. The van der Waals surface area contributed by atoms with Crippen LogP contribution in [-0.4, -0.2) is 11.5 Å². The van der Waals surface area contributed by atoms with E-state index in [0.29, 0.717) is 0 Å². The van der Waals surface area contributed by atoms with Gasteiger partial charge in [-0.25, -0.2) is 0 Å². The third kappa shape index (κ3) is 7.02. The van der Waals surface area contributed by atoms with Crippen LogP contribution in [0.3, 0.4) is 0 Å². The Bertz CT molecular complexity index is 376. The summed E-state index contributed by atoms with van der Waals surface area (Å²) in [5.41, 5.74) is 0. The van der Waals surface area contributed by atoms with Gasteiger partial charge in [0, 0.05) is 5.30 Å². The Hall–Kier alpha value is 0.570. The lowest BCUT2D eigenvalue weighted by Crippen LogP contribution is -2.00. The highest BCUT2D eigenvalue weighted by molar-refractivity contribution is 9.02. The van der Waals surface area contributed by atoms with Gasteiger partial charge in [0.15, 0.2) is 0 Å². The van der Waals surface area contributed by atoms with E-state index in [9.17, 15) is 0 Å². The molecule has 0 N–H and O–H groups in total. The van der Waals surface area contributed by atoms with Crippen LogP contribution in [0, 0.1) is 0 Å². The predicted octanol–water partition coefficient (Wildman–Crippen LogP) is 6.47. The Balaban J connectivity index is 2.60. The fourth-order valence-corrected chi connectivity index (χ4v) is 11.7. The van der Waals surface area contributed by atoms with Gasteiger partial charge in [0.1, 0.15) is 0 Å². The van der Waals surface area contributed by atoms with E-state index in [1.807, 2.05) is 0 Å². The van der Waals surface area contributed by atoms with Crippen molar-refractivity contribution in [1.82, 2.24) is 0 Å². The molecule has 0 nitrogen and oxygen atoms in total. The lowest BCUT2D eigenvalue weighted by atomic mass is 10.3. The molecular formula is C16H27PS3. The molecular weight excluding hydrogens is 319 g/mol. The van der Waals surface area contributed by atoms with Gasteiger partial charge in [-0.15, -0.1) is 22.8 Å². The normalized spacial score (nSPS) is 11.7. The Morgan fingerprint density at radius 1 is 0.850 bits per heavy atom. The van der Waals surface area contributed by atoms with Crippen LogP contribution in [-0.2, 0) is 11.8 Å². The molecule has 0 aliphatic carbocycles. The van der Waals surface area contributed by atoms with Gasteiger partial charge in [-0.1, -0.05) is 81.7 Å². The first-order valence-electron chi connectivity index (χ1n) is 7.67. The molecule has 114 valence electrons. The average molecular weight is 347 g/mol. The van der Waals surface area contributed by atoms with Crippen molar-refractivity contribution in [3.8, 4) is 0 Å². The van der Waals surface area contributed by atoms with Crippen molar-refractivity contribution in [1.29, 1.82) is 0 Å². The molecule has 1 aromatic rings. The van der Waals surface area contributed by atoms with Crippen molar-refractivity contribution in [3.05, 3.63) is 30.3 Å². The summed E-state index contributed by atoms with van der Waals surface area (Å²) >= 11 is 10.2. The molecule has 0 aliphatic rings. The van der Waals surface area contributed by atoms with Crippen molar-refractivity contribution < 1.29 is 0 Å². The van der Waals surface area contributed by atoms with E-state index in [2.05, 4.69) is 66.9 Å². The first-order valence-corrected chi connectivity index (χ1v) is 13.7. The van der Waals surface area contributed by atoms with Crippen LogP contribution in [0.25, 0.3) is 0 Å². The summed E-state index contributed by atoms with van der Waals surface area (Å²) in [4.78, 5) is 0. The number of benzene rings is 1. The second-order valence-corrected chi connectivity index (χ2v) is 16.3. The van der Waals surface area contributed by atoms with Gasteiger partial charge in [0.25, 0.3) is 0 Å². The smallest absolute Gasteiger partial charge is 0.0849 e. The standard InChI is InChI=1S/C16H27PS3/c1-3-5-10-14-19-17(18,20-15-11-6-4-2)16-12-8-7-9-13-16/h7-9,12-13H,3-6,10-11,14-15H2,1-2H3. The van der Waals surface area contributed by atoms with Gasteiger partial charge >= 0.3 is 0 Å². The quantitative estimate of drug-likeness (QED) is 0.333. The Labute approximate surface area is 138 Å². The number of hydrogen-bond donors (Lipinski definition) is 0. The van der Waals surface area contributed by atoms with E-state index in [1.54, 1.807) is 0 Å². The zero-order valence-corrected chi connectivity index (χ0v) is 16.1. The van der Waals surface area contributed by atoms with Crippen LogP contribution >= 0.6 is 27.2 Å². The molecule has 0 saturated heterocycles. The summed E-state index contributed by atoms with van der Waals surface area (Å²) in [5.74, 6) is 2.45. The topological polar surface area (TPSA) is 0 Å². The summed E-state index contributed by atoms with van der Waals surface area (Å²) < 4.78 is -1.49.